The minimum atomic E-state index is -0.433. The summed E-state index contributed by atoms with van der Waals surface area (Å²) < 4.78 is 5.26. The van der Waals surface area contributed by atoms with Crippen LogP contribution in [0.3, 0.4) is 0 Å². The zero-order valence-electron chi connectivity index (χ0n) is 11.5. The van der Waals surface area contributed by atoms with Gasteiger partial charge in [-0.2, -0.15) is 0 Å². The summed E-state index contributed by atoms with van der Waals surface area (Å²) in [5.41, 5.74) is 3.52. The Morgan fingerprint density at radius 2 is 2.00 bits per heavy atom. The first-order valence-electron chi connectivity index (χ1n) is 5.99. The Bertz CT molecular complexity index is 429. The van der Waals surface area contributed by atoms with Crippen molar-refractivity contribution in [2.45, 2.75) is 20.3 Å². The van der Waals surface area contributed by atoms with E-state index in [9.17, 15) is 4.79 Å². The van der Waals surface area contributed by atoms with Crippen LogP contribution in [0.5, 0.6) is 5.75 Å². The van der Waals surface area contributed by atoms with Crippen LogP contribution in [-0.4, -0.2) is 43.2 Å². The molecule has 0 spiro atoms. The fourth-order valence-corrected chi connectivity index (χ4v) is 1.88. The highest BCUT2D eigenvalue weighted by Gasteiger charge is 2.10. The first-order chi connectivity index (χ1) is 8.51. The van der Waals surface area contributed by atoms with Crippen LogP contribution < -0.4 is 4.74 Å². The summed E-state index contributed by atoms with van der Waals surface area (Å²) in [5, 5.41) is 8.76. The molecule has 1 aromatic rings. The molecule has 0 bridgehead atoms. The van der Waals surface area contributed by atoms with Gasteiger partial charge in [0.1, 0.15) is 12.4 Å². The van der Waals surface area contributed by atoms with Gasteiger partial charge < -0.3 is 14.7 Å². The number of carbonyl (C=O) groups is 1. The van der Waals surface area contributed by atoms with Gasteiger partial charge in [-0.3, -0.25) is 4.79 Å². The Morgan fingerprint density at radius 1 is 1.33 bits per heavy atom. The van der Waals surface area contributed by atoms with Gasteiger partial charge in [-0.25, -0.2) is 0 Å². The maximum atomic E-state index is 11.2. The number of benzene rings is 1. The number of amides is 1. The van der Waals surface area contributed by atoms with Crippen LogP contribution in [0, 0.1) is 13.8 Å². The number of hydrogen-bond donors (Lipinski definition) is 1. The number of hydrogen-bond acceptors (Lipinski definition) is 3. The number of rotatable bonds is 5. The van der Waals surface area contributed by atoms with E-state index in [-0.39, 0.29) is 5.91 Å². The number of aliphatic hydroxyl groups is 1. The topological polar surface area (TPSA) is 49.8 Å². The molecular weight excluding hydrogens is 230 g/mol. The van der Waals surface area contributed by atoms with Crippen LogP contribution >= 0.6 is 0 Å². The molecule has 0 aliphatic carbocycles. The third-order valence-corrected chi connectivity index (χ3v) is 3.35. The fraction of sp³-hybridized carbons (Fsp3) is 0.500. The van der Waals surface area contributed by atoms with Crippen LogP contribution in [0.15, 0.2) is 12.1 Å². The predicted molar refractivity (Wildman–Crippen MR) is 70.9 cm³/mol. The van der Waals surface area contributed by atoms with Crippen molar-refractivity contribution < 1.29 is 14.6 Å². The van der Waals surface area contributed by atoms with Gasteiger partial charge in [0.15, 0.2) is 0 Å². The van der Waals surface area contributed by atoms with Crippen molar-refractivity contribution in [3.05, 3.63) is 28.8 Å². The Morgan fingerprint density at radius 3 is 2.56 bits per heavy atom. The SMILES string of the molecule is COc1ccc(CCN(C)C(=O)CO)c(C)c1C. The van der Waals surface area contributed by atoms with Crippen LogP contribution in [-0.2, 0) is 11.2 Å². The van der Waals surface area contributed by atoms with Gasteiger partial charge in [0.25, 0.3) is 0 Å². The smallest absolute Gasteiger partial charge is 0.248 e. The van der Waals surface area contributed by atoms with E-state index in [1.54, 1.807) is 19.1 Å². The van der Waals surface area contributed by atoms with Crippen LogP contribution in [0.2, 0.25) is 0 Å². The monoisotopic (exact) mass is 251 g/mol. The maximum absolute atomic E-state index is 11.2. The third kappa shape index (κ3) is 3.23. The average molecular weight is 251 g/mol. The molecule has 0 aliphatic heterocycles. The summed E-state index contributed by atoms with van der Waals surface area (Å²) in [6.45, 7) is 4.25. The first-order valence-corrected chi connectivity index (χ1v) is 5.99. The summed E-state index contributed by atoms with van der Waals surface area (Å²) in [6.07, 6.45) is 0.777. The lowest BCUT2D eigenvalue weighted by Gasteiger charge is -2.18. The van der Waals surface area contributed by atoms with Crippen LogP contribution in [0.25, 0.3) is 0 Å². The summed E-state index contributed by atoms with van der Waals surface area (Å²) in [4.78, 5) is 12.8. The molecule has 0 saturated carbocycles. The molecule has 0 radical (unpaired) electrons. The molecule has 0 heterocycles. The Kier molecular flexibility index (Phi) is 5.16. The molecular formula is C14H21NO3. The van der Waals surface area contributed by atoms with Gasteiger partial charge in [-0.05, 0) is 43.0 Å². The second-order valence-electron chi connectivity index (χ2n) is 4.40. The molecule has 1 rings (SSSR count). The van der Waals surface area contributed by atoms with Crippen molar-refractivity contribution in [2.24, 2.45) is 0 Å². The first kappa shape index (κ1) is 14.5. The number of likely N-dealkylation sites (N-methyl/N-ethyl adjacent to an activating group) is 1. The van der Waals surface area contributed by atoms with Gasteiger partial charge in [-0.1, -0.05) is 6.07 Å². The van der Waals surface area contributed by atoms with Gasteiger partial charge in [0.2, 0.25) is 5.91 Å². The van der Waals surface area contributed by atoms with E-state index < -0.39 is 6.61 Å². The maximum Gasteiger partial charge on any atom is 0.248 e. The van der Waals surface area contributed by atoms with Gasteiger partial charge in [0, 0.05) is 13.6 Å². The molecule has 0 fully saturated rings. The zero-order valence-corrected chi connectivity index (χ0v) is 11.5. The summed E-state index contributed by atoms with van der Waals surface area (Å²) in [7, 11) is 3.36. The molecule has 0 unspecified atom stereocenters. The number of ether oxygens (including phenoxy) is 1. The van der Waals surface area contributed by atoms with Gasteiger partial charge >= 0.3 is 0 Å². The van der Waals surface area contributed by atoms with Crippen LogP contribution in [0.4, 0.5) is 0 Å². The van der Waals surface area contributed by atoms with Crippen molar-refractivity contribution in [1.29, 1.82) is 0 Å². The Labute approximate surface area is 108 Å². The van der Waals surface area contributed by atoms with Crippen molar-refractivity contribution in [1.82, 2.24) is 4.90 Å². The van der Waals surface area contributed by atoms with Crippen molar-refractivity contribution in [2.75, 3.05) is 27.3 Å². The normalized spacial score (nSPS) is 10.3. The van der Waals surface area contributed by atoms with E-state index in [2.05, 4.69) is 6.92 Å². The summed E-state index contributed by atoms with van der Waals surface area (Å²) in [5.74, 6) is 0.633. The van der Waals surface area contributed by atoms with E-state index in [4.69, 9.17) is 9.84 Å². The van der Waals surface area contributed by atoms with Gasteiger partial charge in [0.05, 0.1) is 7.11 Å². The number of methoxy groups -OCH3 is 1. The molecule has 0 atom stereocenters. The van der Waals surface area contributed by atoms with E-state index >= 15 is 0 Å². The highest BCUT2D eigenvalue weighted by atomic mass is 16.5. The molecule has 0 aromatic heterocycles. The number of nitrogens with zero attached hydrogens (tertiary/aromatic N) is 1. The van der Waals surface area contributed by atoms with Crippen molar-refractivity contribution >= 4 is 5.91 Å². The molecule has 0 aliphatic rings. The Balaban J connectivity index is 2.74. The minimum absolute atomic E-state index is 0.252. The highest BCUT2D eigenvalue weighted by Crippen LogP contribution is 2.24. The summed E-state index contributed by atoms with van der Waals surface area (Å²) >= 11 is 0. The Hall–Kier alpha value is -1.55. The predicted octanol–water partition coefficient (Wildman–Crippen LogP) is 1.31. The summed E-state index contributed by atoms with van der Waals surface area (Å²) in [6, 6.07) is 3.98. The van der Waals surface area contributed by atoms with E-state index in [1.165, 1.54) is 11.1 Å². The van der Waals surface area contributed by atoms with Gasteiger partial charge in [-0.15, -0.1) is 0 Å². The largest absolute Gasteiger partial charge is 0.496 e. The molecule has 1 amide bonds. The third-order valence-electron chi connectivity index (χ3n) is 3.35. The fourth-order valence-electron chi connectivity index (χ4n) is 1.88. The van der Waals surface area contributed by atoms with E-state index in [1.807, 2.05) is 19.1 Å². The van der Waals surface area contributed by atoms with Crippen molar-refractivity contribution in [3.8, 4) is 5.75 Å². The minimum Gasteiger partial charge on any atom is -0.496 e. The highest BCUT2D eigenvalue weighted by molar-refractivity contribution is 5.76. The molecule has 4 heteroatoms. The quantitative estimate of drug-likeness (QED) is 0.858. The second kappa shape index (κ2) is 6.40. The van der Waals surface area contributed by atoms with E-state index in [0.717, 1.165) is 17.7 Å². The van der Waals surface area contributed by atoms with E-state index in [0.29, 0.717) is 6.54 Å². The lowest BCUT2D eigenvalue weighted by atomic mass is 10.00. The zero-order chi connectivity index (χ0) is 13.7. The number of carbonyl (C=O) groups excluding carboxylic acids is 1. The average Bonchev–Trinajstić information content (AvgIpc) is 2.39. The standard InChI is InChI=1S/C14H21NO3/c1-10-11(2)13(18-4)6-5-12(10)7-8-15(3)14(17)9-16/h5-6,16H,7-9H2,1-4H3. The second-order valence-corrected chi connectivity index (χ2v) is 4.40. The van der Waals surface area contributed by atoms with Crippen LogP contribution in [0.1, 0.15) is 16.7 Å². The molecule has 1 aromatic carbocycles. The number of aliphatic hydroxyl groups excluding tert-OH is 1. The molecule has 4 nitrogen and oxygen atoms in total. The molecule has 100 valence electrons. The lowest BCUT2D eigenvalue weighted by molar-refractivity contribution is -0.132. The van der Waals surface area contributed by atoms with Crippen molar-refractivity contribution in [3.63, 3.8) is 0 Å². The lowest BCUT2D eigenvalue weighted by Crippen LogP contribution is -2.31. The molecule has 0 saturated heterocycles. The molecule has 1 N–H and O–H groups in total. The molecule has 18 heavy (non-hydrogen) atoms.